The third-order valence-corrected chi connectivity index (χ3v) is 3.30. The topological polar surface area (TPSA) is 71.5 Å². The minimum atomic E-state index is -1.01. The van der Waals surface area contributed by atoms with Gasteiger partial charge in [-0.25, -0.2) is 9.78 Å². The maximum absolute atomic E-state index is 10.7. The third-order valence-electron chi connectivity index (χ3n) is 3.30. The number of hydrogen-bond acceptors (Lipinski definition) is 4. The predicted octanol–water partition coefficient (Wildman–Crippen LogP) is 1.76. The lowest BCUT2D eigenvalue weighted by atomic mass is 9.94. The zero-order chi connectivity index (χ0) is 12.5. The van der Waals surface area contributed by atoms with Crippen LogP contribution in [-0.4, -0.2) is 34.3 Å². The van der Waals surface area contributed by atoms with Crippen molar-refractivity contribution in [2.24, 2.45) is 0 Å². The molecule has 0 saturated carbocycles. The number of carboxylic acid groups (broad SMARTS) is 1. The van der Waals surface area contributed by atoms with Gasteiger partial charge in [0.25, 0.3) is 0 Å². The van der Waals surface area contributed by atoms with E-state index in [9.17, 15) is 4.79 Å². The molecule has 17 heavy (non-hydrogen) atoms. The van der Waals surface area contributed by atoms with E-state index in [0.717, 1.165) is 18.7 Å². The SMILES string of the molecule is CC1OCCC1(C)Nc1ccc(C(=O)O)nc1. The first kappa shape index (κ1) is 11.9. The maximum Gasteiger partial charge on any atom is 0.354 e. The number of rotatable bonds is 3. The Labute approximate surface area is 99.8 Å². The van der Waals surface area contributed by atoms with E-state index >= 15 is 0 Å². The Hall–Kier alpha value is -1.62. The average molecular weight is 236 g/mol. The molecule has 2 rings (SSSR count). The first-order valence-electron chi connectivity index (χ1n) is 5.60. The van der Waals surface area contributed by atoms with Crippen molar-refractivity contribution in [1.82, 2.24) is 4.98 Å². The second-order valence-electron chi connectivity index (χ2n) is 4.54. The van der Waals surface area contributed by atoms with Gasteiger partial charge in [-0.2, -0.15) is 0 Å². The molecule has 0 spiro atoms. The van der Waals surface area contributed by atoms with Gasteiger partial charge in [-0.3, -0.25) is 0 Å². The fourth-order valence-corrected chi connectivity index (χ4v) is 1.92. The Morgan fingerprint density at radius 1 is 1.65 bits per heavy atom. The lowest BCUT2D eigenvalue weighted by molar-refractivity contribution is 0.0690. The molecule has 1 aliphatic rings. The molecular formula is C12H16N2O3. The quantitative estimate of drug-likeness (QED) is 0.836. The molecule has 2 heterocycles. The number of hydrogen-bond donors (Lipinski definition) is 2. The molecule has 5 heteroatoms. The third kappa shape index (κ3) is 2.39. The number of anilines is 1. The molecule has 0 aromatic carbocycles. The highest BCUT2D eigenvalue weighted by Crippen LogP contribution is 2.29. The van der Waals surface area contributed by atoms with Crippen LogP contribution in [0.3, 0.4) is 0 Å². The van der Waals surface area contributed by atoms with Crippen molar-refractivity contribution >= 4 is 11.7 Å². The Morgan fingerprint density at radius 2 is 2.41 bits per heavy atom. The molecule has 92 valence electrons. The van der Waals surface area contributed by atoms with Gasteiger partial charge in [0.05, 0.1) is 23.5 Å². The van der Waals surface area contributed by atoms with E-state index in [2.05, 4.69) is 17.2 Å². The number of aromatic nitrogens is 1. The Kier molecular flexibility index (Phi) is 3.02. The minimum Gasteiger partial charge on any atom is -0.477 e. The zero-order valence-electron chi connectivity index (χ0n) is 9.93. The van der Waals surface area contributed by atoms with Crippen LogP contribution >= 0.6 is 0 Å². The van der Waals surface area contributed by atoms with E-state index in [1.807, 2.05) is 6.92 Å². The number of carboxylic acids is 1. The Morgan fingerprint density at radius 3 is 2.88 bits per heavy atom. The molecule has 0 bridgehead atoms. The summed E-state index contributed by atoms with van der Waals surface area (Å²) in [5.74, 6) is -1.01. The molecule has 1 aliphatic heterocycles. The second-order valence-corrected chi connectivity index (χ2v) is 4.54. The van der Waals surface area contributed by atoms with Gasteiger partial charge in [-0.15, -0.1) is 0 Å². The van der Waals surface area contributed by atoms with Crippen molar-refractivity contribution in [1.29, 1.82) is 0 Å². The highest BCUT2D eigenvalue weighted by molar-refractivity contribution is 5.85. The van der Waals surface area contributed by atoms with Gasteiger partial charge in [0.1, 0.15) is 5.69 Å². The van der Waals surface area contributed by atoms with Crippen LogP contribution in [0.15, 0.2) is 18.3 Å². The van der Waals surface area contributed by atoms with Gasteiger partial charge in [0.15, 0.2) is 0 Å². The summed E-state index contributed by atoms with van der Waals surface area (Å²) in [6, 6.07) is 3.22. The van der Waals surface area contributed by atoms with Crippen LogP contribution in [0.25, 0.3) is 0 Å². The fraction of sp³-hybridized carbons (Fsp3) is 0.500. The van der Waals surface area contributed by atoms with Crippen molar-refractivity contribution in [3.05, 3.63) is 24.0 Å². The van der Waals surface area contributed by atoms with Crippen LogP contribution in [-0.2, 0) is 4.74 Å². The predicted molar refractivity (Wildman–Crippen MR) is 63.3 cm³/mol. The molecule has 1 aromatic rings. The zero-order valence-corrected chi connectivity index (χ0v) is 9.93. The molecule has 2 unspecified atom stereocenters. The Balaban J connectivity index is 2.11. The van der Waals surface area contributed by atoms with E-state index in [1.165, 1.54) is 6.07 Å². The van der Waals surface area contributed by atoms with Gasteiger partial charge in [-0.05, 0) is 32.4 Å². The summed E-state index contributed by atoms with van der Waals surface area (Å²) in [6.07, 6.45) is 2.59. The summed E-state index contributed by atoms with van der Waals surface area (Å²) in [5, 5.41) is 12.1. The molecule has 5 nitrogen and oxygen atoms in total. The summed E-state index contributed by atoms with van der Waals surface area (Å²) >= 11 is 0. The van der Waals surface area contributed by atoms with E-state index in [4.69, 9.17) is 9.84 Å². The number of carbonyl (C=O) groups is 1. The first-order valence-corrected chi connectivity index (χ1v) is 5.60. The van der Waals surface area contributed by atoms with E-state index in [-0.39, 0.29) is 17.3 Å². The average Bonchev–Trinajstić information content (AvgIpc) is 2.60. The molecule has 1 aromatic heterocycles. The van der Waals surface area contributed by atoms with Gasteiger partial charge in [0, 0.05) is 6.61 Å². The van der Waals surface area contributed by atoms with Crippen LogP contribution in [0.5, 0.6) is 0 Å². The van der Waals surface area contributed by atoms with Crippen LogP contribution in [0.1, 0.15) is 30.8 Å². The molecule has 0 amide bonds. The number of nitrogens with one attached hydrogen (secondary N) is 1. The first-order chi connectivity index (χ1) is 8.01. The standard InChI is InChI=1S/C12H16N2O3/c1-8-12(2,5-6-17-8)14-9-3-4-10(11(15)16)13-7-9/h3-4,7-8,14H,5-6H2,1-2H3,(H,15,16). The summed E-state index contributed by atoms with van der Waals surface area (Å²) in [4.78, 5) is 14.5. The number of aromatic carboxylic acids is 1. The van der Waals surface area contributed by atoms with Gasteiger partial charge < -0.3 is 15.2 Å². The van der Waals surface area contributed by atoms with Crippen LogP contribution in [0.2, 0.25) is 0 Å². The monoisotopic (exact) mass is 236 g/mol. The molecule has 0 aliphatic carbocycles. The van der Waals surface area contributed by atoms with Gasteiger partial charge in [0.2, 0.25) is 0 Å². The summed E-state index contributed by atoms with van der Waals surface area (Å²) in [6.45, 7) is 4.86. The lowest BCUT2D eigenvalue weighted by Crippen LogP contribution is -2.41. The maximum atomic E-state index is 10.7. The van der Waals surface area contributed by atoms with Crippen LogP contribution in [0.4, 0.5) is 5.69 Å². The molecule has 2 N–H and O–H groups in total. The van der Waals surface area contributed by atoms with Gasteiger partial charge in [-0.1, -0.05) is 0 Å². The summed E-state index contributed by atoms with van der Waals surface area (Å²) in [7, 11) is 0. The van der Waals surface area contributed by atoms with Crippen molar-refractivity contribution in [2.75, 3.05) is 11.9 Å². The number of nitrogens with zero attached hydrogens (tertiary/aromatic N) is 1. The lowest BCUT2D eigenvalue weighted by Gasteiger charge is -2.29. The van der Waals surface area contributed by atoms with E-state index < -0.39 is 5.97 Å². The van der Waals surface area contributed by atoms with Crippen molar-refractivity contribution in [2.45, 2.75) is 31.9 Å². The minimum absolute atomic E-state index is 0.0522. The molecule has 0 radical (unpaired) electrons. The molecule has 2 atom stereocenters. The normalized spacial score (nSPS) is 28.0. The summed E-state index contributed by atoms with van der Waals surface area (Å²) in [5.41, 5.74) is 0.748. The van der Waals surface area contributed by atoms with E-state index in [0.29, 0.717) is 0 Å². The largest absolute Gasteiger partial charge is 0.477 e. The van der Waals surface area contributed by atoms with Crippen LogP contribution < -0.4 is 5.32 Å². The highest BCUT2D eigenvalue weighted by Gasteiger charge is 2.36. The number of ether oxygens (including phenoxy) is 1. The van der Waals surface area contributed by atoms with Gasteiger partial charge >= 0.3 is 5.97 Å². The van der Waals surface area contributed by atoms with Crippen molar-refractivity contribution < 1.29 is 14.6 Å². The molecule has 1 saturated heterocycles. The molecular weight excluding hydrogens is 220 g/mol. The van der Waals surface area contributed by atoms with Crippen molar-refractivity contribution in [3.8, 4) is 0 Å². The van der Waals surface area contributed by atoms with E-state index in [1.54, 1.807) is 12.3 Å². The van der Waals surface area contributed by atoms with Crippen LogP contribution in [0, 0.1) is 0 Å². The Bertz CT molecular complexity index is 418. The molecule has 1 fully saturated rings. The smallest absolute Gasteiger partial charge is 0.354 e. The second kappa shape index (κ2) is 4.33. The highest BCUT2D eigenvalue weighted by atomic mass is 16.5. The van der Waals surface area contributed by atoms with Crippen molar-refractivity contribution in [3.63, 3.8) is 0 Å². The number of pyridine rings is 1. The fourth-order valence-electron chi connectivity index (χ4n) is 1.92. The summed E-state index contributed by atoms with van der Waals surface area (Å²) < 4.78 is 5.53.